The Bertz CT molecular complexity index is 399. The Morgan fingerprint density at radius 2 is 2.19 bits per heavy atom. The van der Waals surface area contributed by atoms with Gasteiger partial charge in [0.25, 0.3) is 0 Å². The van der Waals surface area contributed by atoms with Gasteiger partial charge in [-0.1, -0.05) is 20.8 Å². The van der Waals surface area contributed by atoms with Crippen LogP contribution in [0.3, 0.4) is 0 Å². The number of hydrogen-bond acceptors (Lipinski definition) is 3. The van der Waals surface area contributed by atoms with E-state index in [1.807, 2.05) is 27.7 Å². The fourth-order valence-corrected chi connectivity index (χ4v) is 1.16. The van der Waals surface area contributed by atoms with Crippen LogP contribution in [0.1, 0.15) is 32.8 Å². The average molecular weight is 221 g/mol. The number of carbonyl (C=O) groups is 1. The summed E-state index contributed by atoms with van der Waals surface area (Å²) in [5.41, 5.74) is 6.69. The van der Waals surface area contributed by atoms with Crippen molar-refractivity contribution in [2.24, 2.45) is 5.41 Å². The van der Waals surface area contributed by atoms with Crippen molar-refractivity contribution in [2.75, 3.05) is 11.1 Å². The Morgan fingerprint density at radius 1 is 1.56 bits per heavy atom. The highest BCUT2D eigenvalue weighted by Gasteiger charge is 2.25. The minimum Gasteiger partial charge on any atom is -0.397 e. The van der Waals surface area contributed by atoms with Crippen molar-refractivity contribution in [1.82, 2.24) is 4.98 Å². The SMILES string of the molecule is CCC(C)(C)C(=O)Nc1ncc(N)cc1C. The number of amides is 1. The second-order valence-corrected chi connectivity index (χ2v) is 4.63. The first kappa shape index (κ1) is 12.5. The third kappa shape index (κ3) is 2.72. The number of carbonyl (C=O) groups excluding carboxylic acids is 1. The predicted octanol–water partition coefficient (Wildman–Crippen LogP) is 2.35. The summed E-state index contributed by atoms with van der Waals surface area (Å²) < 4.78 is 0. The highest BCUT2D eigenvalue weighted by molar-refractivity contribution is 5.94. The molecule has 1 heterocycles. The van der Waals surface area contributed by atoms with E-state index in [1.165, 1.54) is 0 Å². The molecule has 4 nitrogen and oxygen atoms in total. The van der Waals surface area contributed by atoms with E-state index in [4.69, 9.17) is 5.73 Å². The van der Waals surface area contributed by atoms with E-state index in [9.17, 15) is 4.79 Å². The molecule has 0 aliphatic rings. The van der Waals surface area contributed by atoms with Gasteiger partial charge < -0.3 is 11.1 Å². The third-order valence-corrected chi connectivity index (χ3v) is 2.83. The van der Waals surface area contributed by atoms with Gasteiger partial charge in [0.05, 0.1) is 11.9 Å². The summed E-state index contributed by atoms with van der Waals surface area (Å²) in [6.07, 6.45) is 2.33. The minimum absolute atomic E-state index is 0.0182. The topological polar surface area (TPSA) is 68.0 Å². The van der Waals surface area contributed by atoms with E-state index in [0.29, 0.717) is 11.5 Å². The van der Waals surface area contributed by atoms with Crippen LogP contribution >= 0.6 is 0 Å². The Labute approximate surface area is 96.3 Å². The first-order valence-corrected chi connectivity index (χ1v) is 5.40. The van der Waals surface area contributed by atoms with Crippen molar-refractivity contribution in [3.63, 3.8) is 0 Å². The number of hydrogen-bond donors (Lipinski definition) is 2. The van der Waals surface area contributed by atoms with E-state index in [0.717, 1.165) is 12.0 Å². The molecule has 16 heavy (non-hydrogen) atoms. The van der Waals surface area contributed by atoms with Crippen LogP contribution in [0, 0.1) is 12.3 Å². The highest BCUT2D eigenvalue weighted by Crippen LogP contribution is 2.23. The quantitative estimate of drug-likeness (QED) is 0.823. The molecule has 0 aliphatic heterocycles. The summed E-state index contributed by atoms with van der Waals surface area (Å²) >= 11 is 0. The summed E-state index contributed by atoms with van der Waals surface area (Å²) in [6.45, 7) is 7.69. The Hall–Kier alpha value is -1.58. The molecule has 1 aromatic rings. The number of anilines is 2. The second kappa shape index (κ2) is 4.51. The molecule has 0 fully saturated rings. The molecule has 0 radical (unpaired) electrons. The van der Waals surface area contributed by atoms with Crippen molar-refractivity contribution >= 4 is 17.4 Å². The van der Waals surface area contributed by atoms with Crippen molar-refractivity contribution in [3.8, 4) is 0 Å². The number of nitrogens with one attached hydrogen (secondary N) is 1. The van der Waals surface area contributed by atoms with Gasteiger partial charge in [0.15, 0.2) is 0 Å². The number of aromatic nitrogens is 1. The lowest BCUT2D eigenvalue weighted by molar-refractivity contribution is -0.124. The van der Waals surface area contributed by atoms with Gasteiger partial charge in [-0.25, -0.2) is 4.98 Å². The number of pyridine rings is 1. The zero-order valence-corrected chi connectivity index (χ0v) is 10.3. The smallest absolute Gasteiger partial charge is 0.231 e. The number of nitrogen functional groups attached to an aromatic ring is 1. The van der Waals surface area contributed by atoms with E-state index in [-0.39, 0.29) is 11.3 Å². The van der Waals surface area contributed by atoms with Crippen LogP contribution in [-0.4, -0.2) is 10.9 Å². The molecule has 1 amide bonds. The monoisotopic (exact) mass is 221 g/mol. The van der Waals surface area contributed by atoms with Crippen molar-refractivity contribution in [3.05, 3.63) is 17.8 Å². The number of aryl methyl sites for hydroxylation is 1. The zero-order valence-electron chi connectivity index (χ0n) is 10.3. The highest BCUT2D eigenvalue weighted by atomic mass is 16.2. The molecule has 0 spiro atoms. The Morgan fingerprint density at radius 3 is 2.69 bits per heavy atom. The first-order chi connectivity index (χ1) is 7.36. The predicted molar refractivity (Wildman–Crippen MR) is 66.1 cm³/mol. The van der Waals surface area contributed by atoms with Crippen molar-refractivity contribution < 1.29 is 4.79 Å². The molecule has 88 valence electrons. The molecule has 1 rings (SSSR count). The summed E-state index contributed by atoms with van der Waals surface area (Å²) in [5, 5.41) is 2.82. The second-order valence-electron chi connectivity index (χ2n) is 4.63. The summed E-state index contributed by atoms with van der Waals surface area (Å²) in [6, 6.07) is 1.79. The van der Waals surface area contributed by atoms with Gasteiger partial charge in [0, 0.05) is 5.41 Å². The molecular weight excluding hydrogens is 202 g/mol. The van der Waals surface area contributed by atoms with Gasteiger partial charge in [-0.05, 0) is 25.0 Å². The molecule has 1 aromatic heterocycles. The lowest BCUT2D eigenvalue weighted by atomic mass is 9.89. The van der Waals surface area contributed by atoms with E-state index in [1.54, 1.807) is 12.3 Å². The molecule has 0 aromatic carbocycles. The standard InChI is InChI=1S/C12H19N3O/c1-5-12(3,4)11(16)15-10-8(2)6-9(13)7-14-10/h6-7H,5,13H2,1-4H3,(H,14,15,16). The van der Waals surface area contributed by atoms with E-state index >= 15 is 0 Å². The molecule has 4 heteroatoms. The van der Waals surface area contributed by atoms with Crippen molar-refractivity contribution in [2.45, 2.75) is 34.1 Å². The third-order valence-electron chi connectivity index (χ3n) is 2.83. The van der Waals surface area contributed by atoms with Gasteiger partial charge in [0.1, 0.15) is 5.82 Å². The maximum atomic E-state index is 11.9. The van der Waals surface area contributed by atoms with Gasteiger partial charge in [0.2, 0.25) is 5.91 Å². The van der Waals surface area contributed by atoms with Gasteiger partial charge in [-0.3, -0.25) is 4.79 Å². The molecule has 0 unspecified atom stereocenters. The van der Waals surface area contributed by atoms with Crippen molar-refractivity contribution in [1.29, 1.82) is 0 Å². The van der Waals surface area contributed by atoms with Crippen LogP contribution in [0.2, 0.25) is 0 Å². The fraction of sp³-hybridized carbons (Fsp3) is 0.500. The fourth-order valence-electron chi connectivity index (χ4n) is 1.16. The van der Waals surface area contributed by atoms with Crippen LogP contribution in [-0.2, 0) is 4.79 Å². The largest absolute Gasteiger partial charge is 0.397 e. The molecular formula is C12H19N3O. The van der Waals surface area contributed by atoms with Crippen LogP contribution in [0.15, 0.2) is 12.3 Å². The van der Waals surface area contributed by atoms with Gasteiger partial charge in [-0.2, -0.15) is 0 Å². The number of rotatable bonds is 3. The molecule has 3 N–H and O–H groups in total. The maximum Gasteiger partial charge on any atom is 0.231 e. The minimum atomic E-state index is -0.379. The van der Waals surface area contributed by atoms with E-state index in [2.05, 4.69) is 10.3 Å². The molecule has 0 atom stereocenters. The Kier molecular flexibility index (Phi) is 3.52. The van der Waals surface area contributed by atoms with Crippen LogP contribution in [0.25, 0.3) is 0 Å². The molecule has 0 saturated heterocycles. The number of nitrogens with two attached hydrogens (primary N) is 1. The normalized spacial score (nSPS) is 11.2. The Balaban J connectivity index is 2.85. The number of nitrogens with zero attached hydrogens (tertiary/aromatic N) is 1. The molecule has 0 aliphatic carbocycles. The lowest BCUT2D eigenvalue weighted by Crippen LogP contribution is -2.30. The van der Waals surface area contributed by atoms with Crippen LogP contribution in [0.5, 0.6) is 0 Å². The average Bonchev–Trinajstić information content (AvgIpc) is 2.22. The summed E-state index contributed by atoms with van der Waals surface area (Å²) in [7, 11) is 0. The molecule has 0 saturated carbocycles. The van der Waals surface area contributed by atoms with Crippen LogP contribution < -0.4 is 11.1 Å². The van der Waals surface area contributed by atoms with Gasteiger partial charge >= 0.3 is 0 Å². The lowest BCUT2D eigenvalue weighted by Gasteiger charge is -2.21. The maximum absolute atomic E-state index is 11.9. The van der Waals surface area contributed by atoms with Gasteiger partial charge in [-0.15, -0.1) is 0 Å². The van der Waals surface area contributed by atoms with Crippen LogP contribution in [0.4, 0.5) is 11.5 Å². The van der Waals surface area contributed by atoms with E-state index < -0.39 is 0 Å². The first-order valence-electron chi connectivity index (χ1n) is 5.40. The summed E-state index contributed by atoms with van der Waals surface area (Å²) in [5.74, 6) is 0.566. The molecule has 0 bridgehead atoms. The zero-order chi connectivity index (χ0) is 12.3. The summed E-state index contributed by atoms with van der Waals surface area (Å²) in [4.78, 5) is 16.0.